The van der Waals surface area contributed by atoms with E-state index in [9.17, 15) is 14.7 Å². The first-order chi connectivity index (χ1) is 11.6. The first-order valence-electron chi connectivity index (χ1n) is 7.47. The van der Waals surface area contributed by atoms with Crippen LogP contribution in [0.2, 0.25) is 0 Å². The first kappa shape index (κ1) is 14.2. The number of nitrogens with two attached hydrogens (primary N) is 1. The summed E-state index contributed by atoms with van der Waals surface area (Å²) in [6.45, 7) is 0. The number of carbonyl (C=O) groups excluding carboxylic acids is 1. The van der Waals surface area contributed by atoms with Gasteiger partial charge in [0.2, 0.25) is 5.91 Å². The van der Waals surface area contributed by atoms with E-state index in [0.29, 0.717) is 5.56 Å². The highest BCUT2D eigenvalue weighted by molar-refractivity contribution is 6.29. The molecule has 0 saturated carbocycles. The molecule has 0 bridgehead atoms. The summed E-state index contributed by atoms with van der Waals surface area (Å²) in [5.74, 6) is -1.96. The zero-order valence-electron chi connectivity index (χ0n) is 12.6. The summed E-state index contributed by atoms with van der Waals surface area (Å²) in [7, 11) is 0. The van der Waals surface area contributed by atoms with E-state index in [1.807, 2.05) is 42.5 Å². The summed E-state index contributed by atoms with van der Waals surface area (Å²) >= 11 is 0. The third-order valence-electron chi connectivity index (χ3n) is 4.34. The van der Waals surface area contributed by atoms with E-state index < -0.39 is 11.9 Å². The number of carbonyl (C=O) groups is 2. The molecule has 0 aliphatic heterocycles. The summed E-state index contributed by atoms with van der Waals surface area (Å²) in [5, 5.41) is 15.6. The number of carboxylic acid groups (broad SMARTS) is 1. The van der Waals surface area contributed by atoms with Gasteiger partial charge in [0, 0.05) is 6.08 Å². The molecule has 24 heavy (non-hydrogen) atoms. The van der Waals surface area contributed by atoms with Crippen LogP contribution >= 0.6 is 0 Å². The summed E-state index contributed by atoms with van der Waals surface area (Å²) in [4.78, 5) is 22.9. The normalized spacial score (nSPS) is 12.2. The Labute approximate surface area is 137 Å². The third kappa shape index (κ3) is 2.01. The van der Waals surface area contributed by atoms with Crippen molar-refractivity contribution in [3.63, 3.8) is 0 Å². The van der Waals surface area contributed by atoms with Crippen LogP contribution in [0, 0.1) is 0 Å². The van der Waals surface area contributed by atoms with E-state index in [1.54, 1.807) is 6.07 Å². The fraction of sp³-hybridized carbons (Fsp3) is 0. The second-order valence-corrected chi connectivity index (χ2v) is 5.73. The van der Waals surface area contributed by atoms with Crippen molar-refractivity contribution in [3.05, 3.63) is 66.2 Å². The molecule has 4 rings (SSSR count). The standard InChI is InChI=1S/C20H13NO3/c21-17(22)10-16(20(23)24)14-8-6-13-5-4-11-2-1-3-12-7-9-15(14)19(13)18(11)12/h1-10H,(H2,21,22)(H,23,24)/b16-10+. The molecule has 0 atom stereocenters. The number of carboxylic acids is 1. The van der Waals surface area contributed by atoms with Gasteiger partial charge in [0.15, 0.2) is 0 Å². The van der Waals surface area contributed by atoms with Gasteiger partial charge in [-0.3, -0.25) is 4.79 Å². The van der Waals surface area contributed by atoms with Gasteiger partial charge in [-0.2, -0.15) is 0 Å². The number of primary amides is 1. The van der Waals surface area contributed by atoms with Gasteiger partial charge in [-0.15, -0.1) is 0 Å². The molecule has 0 aliphatic carbocycles. The lowest BCUT2D eigenvalue weighted by molar-refractivity contribution is -0.130. The average Bonchev–Trinajstić information content (AvgIpc) is 2.57. The number of benzene rings is 4. The van der Waals surface area contributed by atoms with Crippen molar-refractivity contribution in [2.45, 2.75) is 0 Å². The third-order valence-corrected chi connectivity index (χ3v) is 4.34. The number of amides is 1. The van der Waals surface area contributed by atoms with Gasteiger partial charge in [-0.05, 0) is 37.9 Å². The zero-order valence-corrected chi connectivity index (χ0v) is 12.6. The van der Waals surface area contributed by atoms with Crippen LogP contribution in [0.25, 0.3) is 37.9 Å². The molecule has 1 amide bonds. The SMILES string of the molecule is NC(=O)/C=C(/C(=O)O)c1ccc2ccc3cccc4ccc1c2c34. The Hall–Kier alpha value is -3.40. The van der Waals surface area contributed by atoms with Gasteiger partial charge in [0.05, 0.1) is 5.57 Å². The minimum absolute atomic E-state index is 0.0968. The molecule has 0 radical (unpaired) electrons. The highest BCUT2D eigenvalue weighted by Crippen LogP contribution is 2.37. The number of rotatable bonds is 3. The fourth-order valence-electron chi connectivity index (χ4n) is 3.37. The molecule has 4 nitrogen and oxygen atoms in total. The highest BCUT2D eigenvalue weighted by Gasteiger charge is 2.17. The molecule has 0 fully saturated rings. The molecule has 0 heterocycles. The number of aliphatic carboxylic acids is 1. The van der Waals surface area contributed by atoms with E-state index in [-0.39, 0.29) is 5.57 Å². The van der Waals surface area contributed by atoms with Crippen molar-refractivity contribution in [2.75, 3.05) is 0 Å². The van der Waals surface area contributed by atoms with Gasteiger partial charge in [-0.1, -0.05) is 54.6 Å². The predicted octanol–water partition coefficient (Wildman–Crippen LogP) is 3.54. The lowest BCUT2D eigenvalue weighted by atomic mass is 9.89. The average molecular weight is 315 g/mol. The van der Waals surface area contributed by atoms with Crippen LogP contribution in [0.3, 0.4) is 0 Å². The molecule has 4 aromatic carbocycles. The van der Waals surface area contributed by atoms with Crippen LogP contribution in [0.15, 0.2) is 60.7 Å². The van der Waals surface area contributed by atoms with Crippen molar-refractivity contribution >= 4 is 49.8 Å². The van der Waals surface area contributed by atoms with Crippen molar-refractivity contribution < 1.29 is 14.7 Å². The van der Waals surface area contributed by atoms with Crippen molar-refractivity contribution in [2.24, 2.45) is 5.73 Å². The topological polar surface area (TPSA) is 80.4 Å². The Kier molecular flexibility index (Phi) is 3.00. The van der Waals surface area contributed by atoms with E-state index >= 15 is 0 Å². The lowest BCUT2D eigenvalue weighted by Gasteiger charge is -2.14. The molecule has 116 valence electrons. The maximum Gasteiger partial charge on any atom is 0.336 e. The molecule has 3 N–H and O–H groups in total. The molecular formula is C20H13NO3. The maximum atomic E-state index is 11.6. The Balaban J connectivity index is 2.19. The molecule has 0 unspecified atom stereocenters. The van der Waals surface area contributed by atoms with Crippen LogP contribution in [-0.2, 0) is 9.59 Å². The second-order valence-electron chi connectivity index (χ2n) is 5.73. The molecule has 0 aliphatic rings. The molecule has 4 heteroatoms. The fourth-order valence-corrected chi connectivity index (χ4v) is 3.37. The molecule has 0 aromatic heterocycles. The minimum Gasteiger partial charge on any atom is -0.478 e. The molecule has 0 spiro atoms. The Morgan fingerprint density at radius 2 is 1.42 bits per heavy atom. The van der Waals surface area contributed by atoms with Crippen LogP contribution in [0.4, 0.5) is 0 Å². The smallest absolute Gasteiger partial charge is 0.336 e. The van der Waals surface area contributed by atoms with Gasteiger partial charge in [0.1, 0.15) is 0 Å². The summed E-state index contributed by atoms with van der Waals surface area (Å²) < 4.78 is 0. The highest BCUT2D eigenvalue weighted by atomic mass is 16.4. The summed E-state index contributed by atoms with van der Waals surface area (Å²) in [5.41, 5.74) is 5.57. The predicted molar refractivity (Wildman–Crippen MR) is 95.0 cm³/mol. The quantitative estimate of drug-likeness (QED) is 0.448. The first-order valence-corrected chi connectivity index (χ1v) is 7.47. The number of hydrogen-bond acceptors (Lipinski definition) is 2. The molecular weight excluding hydrogens is 302 g/mol. The van der Waals surface area contributed by atoms with Gasteiger partial charge in [0.25, 0.3) is 0 Å². The van der Waals surface area contributed by atoms with Gasteiger partial charge < -0.3 is 10.8 Å². The minimum atomic E-state index is -1.18. The Bertz CT molecular complexity index is 1140. The second kappa shape index (κ2) is 5.06. The Morgan fingerprint density at radius 1 is 0.833 bits per heavy atom. The Morgan fingerprint density at radius 3 is 2.04 bits per heavy atom. The van der Waals surface area contributed by atoms with Crippen LogP contribution < -0.4 is 5.73 Å². The van der Waals surface area contributed by atoms with Crippen molar-refractivity contribution in [3.8, 4) is 0 Å². The largest absolute Gasteiger partial charge is 0.478 e. The van der Waals surface area contributed by atoms with Crippen LogP contribution in [0.1, 0.15) is 5.56 Å². The van der Waals surface area contributed by atoms with Crippen molar-refractivity contribution in [1.82, 2.24) is 0 Å². The van der Waals surface area contributed by atoms with Crippen LogP contribution in [-0.4, -0.2) is 17.0 Å². The van der Waals surface area contributed by atoms with E-state index in [4.69, 9.17) is 5.73 Å². The summed E-state index contributed by atoms with van der Waals surface area (Å²) in [6.07, 6.45) is 0.967. The maximum absolute atomic E-state index is 11.6. The van der Waals surface area contributed by atoms with Gasteiger partial charge in [-0.25, -0.2) is 4.79 Å². The van der Waals surface area contributed by atoms with E-state index in [2.05, 4.69) is 6.07 Å². The molecule has 4 aromatic rings. The van der Waals surface area contributed by atoms with Crippen molar-refractivity contribution in [1.29, 1.82) is 0 Å². The monoisotopic (exact) mass is 315 g/mol. The van der Waals surface area contributed by atoms with E-state index in [1.165, 1.54) is 0 Å². The van der Waals surface area contributed by atoms with Gasteiger partial charge >= 0.3 is 5.97 Å². The summed E-state index contributed by atoms with van der Waals surface area (Å²) in [6, 6.07) is 17.6. The number of hydrogen-bond donors (Lipinski definition) is 2. The van der Waals surface area contributed by atoms with E-state index in [0.717, 1.165) is 38.4 Å². The molecule has 0 saturated heterocycles. The zero-order chi connectivity index (χ0) is 16.8. The van der Waals surface area contributed by atoms with Crippen LogP contribution in [0.5, 0.6) is 0 Å². The lowest BCUT2D eigenvalue weighted by Crippen LogP contribution is -2.10.